The van der Waals surface area contributed by atoms with Crippen molar-refractivity contribution in [2.24, 2.45) is 5.73 Å². The molecular weight excluding hydrogens is 268 g/mol. The number of hydrogen-bond acceptors (Lipinski definition) is 3. The molecule has 0 aliphatic rings. The van der Waals surface area contributed by atoms with Crippen molar-refractivity contribution >= 4 is 23.3 Å². The van der Waals surface area contributed by atoms with Crippen LogP contribution in [0.5, 0.6) is 0 Å². The van der Waals surface area contributed by atoms with Gasteiger partial charge in [0.15, 0.2) is 0 Å². The highest BCUT2D eigenvalue weighted by Crippen LogP contribution is 2.27. The third-order valence-corrected chi connectivity index (χ3v) is 3.78. The van der Waals surface area contributed by atoms with Crippen LogP contribution in [0.3, 0.4) is 0 Å². The van der Waals surface area contributed by atoms with Crippen LogP contribution < -0.4 is 10.6 Å². The SMILES string of the molecule is CCC(CSC)N(C)c1c(F)cc(C(=N)N)cc1F. The highest BCUT2D eigenvalue weighted by molar-refractivity contribution is 7.98. The van der Waals surface area contributed by atoms with Gasteiger partial charge in [-0.1, -0.05) is 6.92 Å². The van der Waals surface area contributed by atoms with Crippen molar-refractivity contribution < 1.29 is 8.78 Å². The lowest BCUT2D eigenvalue weighted by Gasteiger charge is -2.29. The fourth-order valence-electron chi connectivity index (χ4n) is 1.94. The number of nitrogens with one attached hydrogen (secondary N) is 1. The Balaban J connectivity index is 3.16. The third kappa shape index (κ3) is 3.59. The molecule has 0 aliphatic heterocycles. The van der Waals surface area contributed by atoms with Crippen molar-refractivity contribution in [2.45, 2.75) is 19.4 Å². The van der Waals surface area contributed by atoms with Crippen molar-refractivity contribution in [3.05, 3.63) is 29.3 Å². The van der Waals surface area contributed by atoms with Crippen LogP contribution in [-0.4, -0.2) is 30.9 Å². The Labute approximate surface area is 116 Å². The number of halogens is 2. The summed E-state index contributed by atoms with van der Waals surface area (Å²) in [6, 6.07) is 2.26. The molecule has 0 spiro atoms. The van der Waals surface area contributed by atoms with Crippen LogP contribution in [0.4, 0.5) is 14.5 Å². The first-order chi connectivity index (χ1) is 8.92. The van der Waals surface area contributed by atoms with Crippen molar-refractivity contribution in [3.63, 3.8) is 0 Å². The van der Waals surface area contributed by atoms with Crippen molar-refractivity contribution in [1.82, 2.24) is 0 Å². The summed E-state index contributed by atoms with van der Waals surface area (Å²) >= 11 is 1.64. The molecule has 19 heavy (non-hydrogen) atoms. The first-order valence-electron chi connectivity index (χ1n) is 5.97. The second-order valence-electron chi connectivity index (χ2n) is 4.33. The van der Waals surface area contributed by atoms with Crippen molar-refractivity contribution in [2.75, 3.05) is 24.0 Å². The normalized spacial score (nSPS) is 12.3. The average Bonchev–Trinajstić information content (AvgIpc) is 2.34. The summed E-state index contributed by atoms with van der Waals surface area (Å²) in [6.07, 6.45) is 2.76. The highest BCUT2D eigenvalue weighted by atomic mass is 32.2. The molecule has 3 nitrogen and oxygen atoms in total. The van der Waals surface area contributed by atoms with Crippen LogP contribution in [0.15, 0.2) is 12.1 Å². The van der Waals surface area contributed by atoms with Crippen molar-refractivity contribution in [3.8, 4) is 0 Å². The molecule has 1 aromatic carbocycles. The Bertz CT molecular complexity index is 442. The van der Waals surface area contributed by atoms with E-state index in [1.807, 2.05) is 13.2 Å². The minimum Gasteiger partial charge on any atom is -0.384 e. The summed E-state index contributed by atoms with van der Waals surface area (Å²) in [4.78, 5) is 1.62. The maximum Gasteiger partial charge on any atom is 0.150 e. The molecule has 1 unspecified atom stereocenters. The van der Waals surface area contributed by atoms with Gasteiger partial charge < -0.3 is 10.6 Å². The smallest absolute Gasteiger partial charge is 0.150 e. The molecule has 0 saturated carbocycles. The molecule has 1 rings (SSSR count). The monoisotopic (exact) mass is 287 g/mol. The number of nitrogen functional groups attached to an aromatic ring is 1. The summed E-state index contributed by atoms with van der Waals surface area (Å²) in [5.74, 6) is -0.928. The van der Waals surface area contributed by atoms with Gasteiger partial charge in [-0.15, -0.1) is 0 Å². The lowest BCUT2D eigenvalue weighted by atomic mass is 10.1. The van der Waals surface area contributed by atoms with Gasteiger partial charge >= 0.3 is 0 Å². The van der Waals surface area contributed by atoms with E-state index in [2.05, 4.69) is 0 Å². The number of benzene rings is 1. The zero-order valence-corrected chi connectivity index (χ0v) is 12.2. The van der Waals surface area contributed by atoms with E-state index in [0.29, 0.717) is 0 Å². The van der Waals surface area contributed by atoms with E-state index in [-0.39, 0.29) is 23.1 Å². The Morgan fingerprint density at radius 3 is 2.32 bits per heavy atom. The molecule has 0 saturated heterocycles. The van der Waals surface area contributed by atoms with Gasteiger partial charge in [0, 0.05) is 24.4 Å². The zero-order chi connectivity index (χ0) is 14.6. The standard InChI is InChI=1S/C13H19F2N3S/c1-4-9(7-19-3)18(2)12-10(14)5-8(13(16)17)6-11(12)15/h5-6,9H,4,7H2,1-3H3,(H3,16,17). The molecule has 0 radical (unpaired) electrons. The zero-order valence-electron chi connectivity index (χ0n) is 11.3. The Morgan fingerprint density at radius 1 is 1.42 bits per heavy atom. The molecule has 106 valence electrons. The number of nitrogens with two attached hydrogens (primary N) is 1. The second-order valence-corrected chi connectivity index (χ2v) is 5.24. The number of hydrogen-bond donors (Lipinski definition) is 2. The summed E-state index contributed by atoms with van der Waals surface area (Å²) < 4.78 is 28.0. The molecular formula is C13H19F2N3S. The van der Waals surface area contributed by atoms with Crippen LogP contribution in [0.25, 0.3) is 0 Å². The molecule has 1 atom stereocenters. The molecule has 3 N–H and O–H groups in total. The lowest BCUT2D eigenvalue weighted by Crippen LogP contribution is -2.34. The van der Waals surface area contributed by atoms with Crippen LogP contribution in [0.2, 0.25) is 0 Å². The maximum absolute atomic E-state index is 14.0. The van der Waals surface area contributed by atoms with Crippen LogP contribution in [-0.2, 0) is 0 Å². The fraction of sp³-hybridized carbons (Fsp3) is 0.462. The highest BCUT2D eigenvalue weighted by Gasteiger charge is 2.21. The van der Waals surface area contributed by atoms with Gasteiger partial charge in [-0.2, -0.15) is 11.8 Å². The topological polar surface area (TPSA) is 53.1 Å². The largest absolute Gasteiger partial charge is 0.384 e. The maximum atomic E-state index is 14.0. The summed E-state index contributed by atoms with van der Waals surface area (Å²) in [5, 5.41) is 7.22. The number of thioether (sulfide) groups is 1. The number of anilines is 1. The Kier molecular flexibility index (Phi) is 5.60. The predicted octanol–water partition coefficient (Wildman–Crippen LogP) is 2.83. The lowest BCUT2D eigenvalue weighted by molar-refractivity contribution is 0.558. The van der Waals surface area contributed by atoms with E-state index in [0.717, 1.165) is 24.3 Å². The van der Waals surface area contributed by atoms with Gasteiger partial charge in [0.25, 0.3) is 0 Å². The van der Waals surface area contributed by atoms with Gasteiger partial charge in [0.2, 0.25) is 0 Å². The quantitative estimate of drug-likeness (QED) is 0.625. The number of nitrogens with zero attached hydrogens (tertiary/aromatic N) is 1. The summed E-state index contributed by atoms with van der Waals surface area (Å²) in [7, 11) is 1.68. The van der Waals surface area contributed by atoms with Crippen LogP contribution >= 0.6 is 11.8 Å². The van der Waals surface area contributed by atoms with Crippen molar-refractivity contribution in [1.29, 1.82) is 5.41 Å². The Morgan fingerprint density at radius 2 is 1.95 bits per heavy atom. The summed E-state index contributed by atoms with van der Waals surface area (Å²) in [6.45, 7) is 1.98. The Hall–Kier alpha value is -1.30. The average molecular weight is 287 g/mol. The molecule has 0 aliphatic carbocycles. The molecule has 0 aromatic heterocycles. The van der Waals surface area contributed by atoms with E-state index >= 15 is 0 Å². The minimum absolute atomic E-state index is 0.0576. The van der Waals surface area contributed by atoms with E-state index in [4.69, 9.17) is 11.1 Å². The van der Waals surface area contributed by atoms with Gasteiger partial charge in [0.1, 0.15) is 23.2 Å². The molecule has 0 heterocycles. The van der Waals surface area contributed by atoms with Gasteiger partial charge in [-0.3, -0.25) is 5.41 Å². The second kappa shape index (κ2) is 6.75. The van der Waals surface area contributed by atoms with E-state index in [9.17, 15) is 8.78 Å². The number of amidine groups is 1. The molecule has 6 heteroatoms. The first-order valence-corrected chi connectivity index (χ1v) is 7.36. The van der Waals surface area contributed by atoms with Crippen LogP contribution in [0.1, 0.15) is 18.9 Å². The minimum atomic E-state index is -0.688. The molecule has 0 bridgehead atoms. The van der Waals surface area contributed by atoms with E-state index in [1.165, 1.54) is 0 Å². The fourth-order valence-corrected chi connectivity index (χ4v) is 2.78. The van der Waals surface area contributed by atoms with E-state index < -0.39 is 11.6 Å². The van der Waals surface area contributed by atoms with Gasteiger partial charge in [0.05, 0.1) is 0 Å². The molecule has 0 fully saturated rings. The van der Waals surface area contributed by atoms with Gasteiger partial charge in [-0.25, -0.2) is 8.78 Å². The predicted molar refractivity (Wildman–Crippen MR) is 78.2 cm³/mol. The molecule has 1 aromatic rings. The van der Waals surface area contributed by atoms with E-state index in [1.54, 1.807) is 23.7 Å². The summed E-state index contributed by atoms with van der Waals surface area (Å²) in [5.41, 5.74) is 5.24. The van der Waals surface area contributed by atoms with Crippen LogP contribution in [0, 0.1) is 17.0 Å². The van der Waals surface area contributed by atoms with Gasteiger partial charge in [-0.05, 0) is 24.8 Å². The third-order valence-electron chi connectivity index (χ3n) is 3.06. The first kappa shape index (κ1) is 15.8. The molecule has 0 amide bonds. The number of rotatable bonds is 6.